The number of rotatable bonds is 5. The van der Waals surface area contributed by atoms with Gasteiger partial charge in [0.1, 0.15) is 5.75 Å². The highest BCUT2D eigenvalue weighted by molar-refractivity contribution is 7.13. The Hall–Kier alpha value is -2.22. The highest BCUT2D eigenvalue weighted by Gasteiger charge is 2.21. The molecule has 1 aromatic carbocycles. The fourth-order valence-electron chi connectivity index (χ4n) is 3.32. The van der Waals surface area contributed by atoms with E-state index in [1.165, 1.54) is 26.7 Å². The first-order valence-electron chi connectivity index (χ1n) is 9.31. The van der Waals surface area contributed by atoms with Gasteiger partial charge < -0.3 is 10.1 Å². The van der Waals surface area contributed by atoms with Gasteiger partial charge in [-0.2, -0.15) is 0 Å². The fourth-order valence-corrected chi connectivity index (χ4v) is 5.26. The molecule has 0 saturated heterocycles. The molecule has 1 aliphatic heterocycles. The first kappa shape index (κ1) is 19.1. The minimum absolute atomic E-state index is 0.155. The molecule has 1 amide bonds. The Bertz CT molecular complexity index is 954. The Kier molecular flexibility index (Phi) is 5.75. The Morgan fingerprint density at radius 1 is 1.29 bits per heavy atom. The maximum absolute atomic E-state index is 12.6. The van der Waals surface area contributed by atoms with Crippen molar-refractivity contribution in [3.8, 4) is 5.75 Å². The summed E-state index contributed by atoms with van der Waals surface area (Å²) in [6, 6.07) is 9.55. The van der Waals surface area contributed by atoms with Crippen molar-refractivity contribution in [3.05, 3.63) is 61.7 Å². The van der Waals surface area contributed by atoms with Gasteiger partial charge in [0, 0.05) is 47.6 Å². The zero-order valence-electron chi connectivity index (χ0n) is 16.0. The number of nitrogens with zero attached hydrogens (tertiary/aromatic N) is 2. The van der Waals surface area contributed by atoms with E-state index in [2.05, 4.69) is 33.6 Å². The highest BCUT2D eigenvalue weighted by Crippen LogP contribution is 2.26. The number of amides is 1. The third-order valence-electron chi connectivity index (χ3n) is 4.96. The molecular formula is C21H23N3O2S2. The van der Waals surface area contributed by atoms with Gasteiger partial charge in [-0.3, -0.25) is 9.69 Å². The molecule has 28 heavy (non-hydrogen) atoms. The fraction of sp³-hybridized carbons (Fsp3) is 0.333. The number of aromatic nitrogens is 1. The van der Waals surface area contributed by atoms with Gasteiger partial charge in [-0.25, -0.2) is 4.98 Å². The second-order valence-electron chi connectivity index (χ2n) is 6.88. The van der Waals surface area contributed by atoms with Crippen LogP contribution in [0, 0.1) is 6.92 Å². The van der Waals surface area contributed by atoms with Gasteiger partial charge in [0.15, 0.2) is 5.01 Å². The van der Waals surface area contributed by atoms with E-state index in [1.54, 1.807) is 13.2 Å². The summed E-state index contributed by atoms with van der Waals surface area (Å²) >= 11 is 3.35. The first-order valence-corrected chi connectivity index (χ1v) is 11.0. The van der Waals surface area contributed by atoms with Crippen LogP contribution in [0.25, 0.3) is 0 Å². The number of ether oxygens (including phenoxy) is 1. The Balaban J connectivity index is 1.40. The zero-order chi connectivity index (χ0) is 19.5. The summed E-state index contributed by atoms with van der Waals surface area (Å²) < 4.78 is 5.21. The number of hydrogen-bond donors (Lipinski definition) is 1. The SMILES string of the molecule is COc1cccc(NC(=O)c2nc3c(s2)CCN(Cc2sccc2C)CC3)c1. The summed E-state index contributed by atoms with van der Waals surface area (Å²) in [4.78, 5) is 22.4. The van der Waals surface area contributed by atoms with E-state index in [-0.39, 0.29) is 5.91 Å². The number of thiazole rings is 1. The van der Waals surface area contributed by atoms with Crippen molar-refractivity contribution in [2.24, 2.45) is 0 Å². The van der Waals surface area contributed by atoms with Crippen LogP contribution in [0.1, 0.15) is 30.8 Å². The number of fused-ring (bicyclic) bond motifs is 1. The lowest BCUT2D eigenvalue weighted by atomic mass is 10.2. The van der Waals surface area contributed by atoms with Crippen molar-refractivity contribution in [1.82, 2.24) is 9.88 Å². The Labute approximate surface area is 173 Å². The minimum Gasteiger partial charge on any atom is -0.497 e. The Morgan fingerprint density at radius 3 is 2.93 bits per heavy atom. The predicted molar refractivity (Wildman–Crippen MR) is 115 cm³/mol. The van der Waals surface area contributed by atoms with Crippen molar-refractivity contribution in [2.45, 2.75) is 26.3 Å². The monoisotopic (exact) mass is 413 g/mol. The molecule has 4 rings (SSSR count). The highest BCUT2D eigenvalue weighted by atomic mass is 32.1. The molecule has 0 atom stereocenters. The molecule has 0 radical (unpaired) electrons. The van der Waals surface area contributed by atoms with Crippen LogP contribution >= 0.6 is 22.7 Å². The molecule has 0 bridgehead atoms. The van der Waals surface area contributed by atoms with Crippen molar-refractivity contribution in [1.29, 1.82) is 0 Å². The number of benzene rings is 1. The van der Waals surface area contributed by atoms with Gasteiger partial charge in [-0.1, -0.05) is 6.07 Å². The maximum Gasteiger partial charge on any atom is 0.284 e. The van der Waals surface area contributed by atoms with Gasteiger partial charge in [0.05, 0.1) is 12.8 Å². The Morgan fingerprint density at radius 2 is 2.14 bits per heavy atom. The summed E-state index contributed by atoms with van der Waals surface area (Å²) in [7, 11) is 1.61. The van der Waals surface area contributed by atoms with Crippen LogP contribution in [0.15, 0.2) is 35.7 Å². The number of methoxy groups -OCH3 is 1. The number of anilines is 1. The van der Waals surface area contributed by atoms with E-state index in [1.807, 2.05) is 29.5 Å². The number of carbonyl (C=O) groups is 1. The van der Waals surface area contributed by atoms with Crippen LogP contribution in [-0.4, -0.2) is 36.0 Å². The molecular weight excluding hydrogens is 390 g/mol. The first-order chi connectivity index (χ1) is 13.6. The lowest BCUT2D eigenvalue weighted by molar-refractivity contribution is 0.102. The van der Waals surface area contributed by atoms with Gasteiger partial charge in [-0.15, -0.1) is 22.7 Å². The van der Waals surface area contributed by atoms with Crippen molar-refractivity contribution < 1.29 is 9.53 Å². The lowest BCUT2D eigenvalue weighted by Gasteiger charge is -2.19. The molecule has 146 valence electrons. The third-order valence-corrected chi connectivity index (χ3v) is 7.12. The number of carbonyl (C=O) groups excluding carboxylic acids is 1. The minimum atomic E-state index is -0.155. The molecule has 1 aliphatic rings. The van der Waals surface area contributed by atoms with Crippen LogP contribution in [-0.2, 0) is 19.4 Å². The second kappa shape index (κ2) is 8.43. The maximum atomic E-state index is 12.6. The molecule has 0 fully saturated rings. The molecule has 0 saturated carbocycles. The lowest BCUT2D eigenvalue weighted by Crippen LogP contribution is -2.26. The number of hydrogen-bond acceptors (Lipinski definition) is 6. The quantitative estimate of drug-likeness (QED) is 0.675. The largest absolute Gasteiger partial charge is 0.497 e. The molecule has 5 nitrogen and oxygen atoms in total. The standard InChI is InChI=1S/C21H23N3O2S2/c1-14-8-11-27-19(14)13-24-9-6-17-18(7-10-24)28-21(23-17)20(25)22-15-4-3-5-16(12-15)26-2/h3-5,8,11-12H,6-7,9-10,13H2,1-2H3,(H,22,25). The van der Waals surface area contributed by atoms with Gasteiger partial charge in [-0.05, 0) is 42.5 Å². The average molecular weight is 414 g/mol. The predicted octanol–water partition coefficient (Wildman–Crippen LogP) is 4.37. The zero-order valence-corrected chi connectivity index (χ0v) is 17.7. The van der Waals surface area contributed by atoms with Gasteiger partial charge in [0.25, 0.3) is 5.91 Å². The van der Waals surface area contributed by atoms with E-state index in [0.29, 0.717) is 16.4 Å². The summed E-state index contributed by atoms with van der Waals surface area (Å²) in [5, 5.41) is 5.62. The normalized spacial score (nSPS) is 14.4. The summed E-state index contributed by atoms with van der Waals surface area (Å²) in [5.41, 5.74) is 3.16. The van der Waals surface area contributed by atoms with E-state index < -0.39 is 0 Å². The number of thiophene rings is 1. The van der Waals surface area contributed by atoms with Crippen LogP contribution in [0.2, 0.25) is 0 Å². The summed E-state index contributed by atoms with van der Waals surface area (Å²) in [6.45, 7) is 5.16. The molecule has 0 unspecified atom stereocenters. The molecule has 7 heteroatoms. The van der Waals surface area contributed by atoms with Gasteiger partial charge in [0.2, 0.25) is 0 Å². The van der Waals surface area contributed by atoms with E-state index in [4.69, 9.17) is 4.74 Å². The number of nitrogens with one attached hydrogen (secondary N) is 1. The molecule has 0 spiro atoms. The van der Waals surface area contributed by atoms with E-state index in [9.17, 15) is 4.79 Å². The van der Waals surface area contributed by atoms with Crippen LogP contribution in [0.4, 0.5) is 5.69 Å². The molecule has 3 heterocycles. The van der Waals surface area contributed by atoms with E-state index >= 15 is 0 Å². The topological polar surface area (TPSA) is 54.5 Å². The average Bonchev–Trinajstić information content (AvgIpc) is 3.25. The molecule has 2 aromatic heterocycles. The van der Waals surface area contributed by atoms with Crippen LogP contribution in [0.3, 0.4) is 0 Å². The third kappa shape index (κ3) is 4.27. The van der Waals surface area contributed by atoms with Gasteiger partial charge >= 0.3 is 0 Å². The summed E-state index contributed by atoms with van der Waals surface area (Å²) in [5.74, 6) is 0.561. The van der Waals surface area contributed by atoms with Crippen molar-refractivity contribution in [2.75, 3.05) is 25.5 Å². The smallest absolute Gasteiger partial charge is 0.284 e. The molecule has 3 aromatic rings. The second-order valence-corrected chi connectivity index (χ2v) is 8.96. The van der Waals surface area contributed by atoms with Crippen LogP contribution in [0.5, 0.6) is 5.75 Å². The number of aryl methyl sites for hydroxylation is 1. The van der Waals surface area contributed by atoms with Crippen LogP contribution < -0.4 is 10.1 Å². The van der Waals surface area contributed by atoms with E-state index in [0.717, 1.165) is 38.2 Å². The van der Waals surface area contributed by atoms with Crippen molar-refractivity contribution in [3.63, 3.8) is 0 Å². The van der Waals surface area contributed by atoms with Crippen molar-refractivity contribution >= 4 is 34.3 Å². The molecule has 0 aliphatic carbocycles. The summed E-state index contributed by atoms with van der Waals surface area (Å²) in [6.07, 6.45) is 1.84. The molecule has 1 N–H and O–H groups in total.